The molecule has 0 aromatic heterocycles. The van der Waals surface area contributed by atoms with Crippen LogP contribution in [-0.2, 0) is 19.6 Å². The summed E-state index contributed by atoms with van der Waals surface area (Å²) in [5.74, 6) is -0.430. The molecule has 1 aromatic carbocycles. The van der Waals surface area contributed by atoms with E-state index in [9.17, 15) is 13.2 Å². The van der Waals surface area contributed by atoms with Crippen LogP contribution >= 0.6 is 15.9 Å². The van der Waals surface area contributed by atoms with Crippen molar-refractivity contribution in [3.05, 3.63) is 28.2 Å². The molecule has 0 bridgehead atoms. The predicted octanol–water partition coefficient (Wildman–Crippen LogP) is 2.62. The number of aryl methyl sites for hydroxylation is 1. The van der Waals surface area contributed by atoms with E-state index in [0.717, 1.165) is 0 Å². The highest BCUT2D eigenvalue weighted by atomic mass is 79.9. The largest absolute Gasteiger partial charge is 0.468 e. The number of benzene rings is 1. The first-order chi connectivity index (χ1) is 9.67. The van der Waals surface area contributed by atoms with Crippen molar-refractivity contribution in [3.8, 4) is 0 Å². The summed E-state index contributed by atoms with van der Waals surface area (Å²) in [4.78, 5) is 11.9. The van der Waals surface area contributed by atoms with Crippen LogP contribution in [0, 0.1) is 12.8 Å². The average Bonchev–Trinajstić information content (AvgIpc) is 2.38. The number of carbonyl (C=O) groups is 1. The van der Waals surface area contributed by atoms with Gasteiger partial charge in [-0.25, -0.2) is 8.42 Å². The van der Waals surface area contributed by atoms with E-state index in [-0.39, 0.29) is 10.8 Å². The zero-order chi connectivity index (χ0) is 16.2. The van der Waals surface area contributed by atoms with Crippen LogP contribution in [0.5, 0.6) is 0 Å². The number of ether oxygens (including phenoxy) is 1. The molecule has 5 nitrogen and oxygen atoms in total. The Morgan fingerprint density at radius 1 is 1.38 bits per heavy atom. The molecule has 0 fully saturated rings. The summed E-state index contributed by atoms with van der Waals surface area (Å²) >= 11 is 3.25. The van der Waals surface area contributed by atoms with Crippen LogP contribution in [0.4, 0.5) is 0 Å². The number of rotatable bonds is 6. The normalized spacial score (nSPS) is 13.2. The van der Waals surface area contributed by atoms with Crippen molar-refractivity contribution in [2.24, 2.45) is 5.92 Å². The maximum atomic E-state index is 12.5. The van der Waals surface area contributed by atoms with Crippen LogP contribution in [0.3, 0.4) is 0 Å². The van der Waals surface area contributed by atoms with Gasteiger partial charge in [-0.15, -0.1) is 0 Å². The molecule has 0 aliphatic carbocycles. The number of carbonyl (C=O) groups excluding carboxylic acids is 1. The maximum absolute atomic E-state index is 12.5. The Bertz CT molecular complexity index is 613. The highest BCUT2D eigenvalue weighted by Gasteiger charge is 2.28. The second-order valence-corrected chi connectivity index (χ2v) is 7.83. The molecule has 118 valence electrons. The predicted molar refractivity (Wildman–Crippen MR) is 84.5 cm³/mol. The monoisotopic (exact) mass is 377 g/mol. The Morgan fingerprint density at radius 2 is 2.00 bits per heavy atom. The maximum Gasteiger partial charge on any atom is 0.323 e. The van der Waals surface area contributed by atoms with E-state index < -0.39 is 22.0 Å². The van der Waals surface area contributed by atoms with E-state index in [0.29, 0.717) is 16.5 Å². The molecular formula is C14H20BrNO4S. The SMILES string of the molecule is COC(=O)[C@H](CC(C)C)NS(=O)(=O)c1cc(Br)ccc1C. The Morgan fingerprint density at radius 3 is 2.52 bits per heavy atom. The zero-order valence-electron chi connectivity index (χ0n) is 12.5. The summed E-state index contributed by atoms with van der Waals surface area (Å²) in [5, 5.41) is 0. The quantitative estimate of drug-likeness (QED) is 0.773. The number of sulfonamides is 1. The second-order valence-electron chi connectivity index (χ2n) is 5.24. The number of methoxy groups -OCH3 is 1. The lowest BCUT2D eigenvalue weighted by molar-refractivity contribution is -0.143. The van der Waals surface area contributed by atoms with Gasteiger partial charge in [-0.3, -0.25) is 4.79 Å². The van der Waals surface area contributed by atoms with Crippen molar-refractivity contribution in [3.63, 3.8) is 0 Å². The van der Waals surface area contributed by atoms with Gasteiger partial charge < -0.3 is 4.74 Å². The molecule has 1 aromatic rings. The summed E-state index contributed by atoms with van der Waals surface area (Å²) in [7, 11) is -2.55. The third-order valence-corrected chi connectivity index (χ3v) is 5.04. The van der Waals surface area contributed by atoms with Crippen LogP contribution in [0.25, 0.3) is 0 Å². The van der Waals surface area contributed by atoms with Gasteiger partial charge in [0.05, 0.1) is 12.0 Å². The lowest BCUT2D eigenvalue weighted by Crippen LogP contribution is -2.42. The molecule has 1 rings (SSSR count). The molecule has 0 amide bonds. The van der Waals surface area contributed by atoms with E-state index in [1.54, 1.807) is 19.1 Å². The van der Waals surface area contributed by atoms with Crippen molar-refractivity contribution in [2.75, 3.05) is 7.11 Å². The molecule has 0 saturated heterocycles. The van der Waals surface area contributed by atoms with Crippen LogP contribution in [0.2, 0.25) is 0 Å². The van der Waals surface area contributed by atoms with E-state index >= 15 is 0 Å². The summed E-state index contributed by atoms with van der Waals surface area (Å²) < 4.78 is 32.7. The lowest BCUT2D eigenvalue weighted by Gasteiger charge is -2.19. The fourth-order valence-corrected chi connectivity index (χ4v) is 3.90. The topological polar surface area (TPSA) is 72.5 Å². The van der Waals surface area contributed by atoms with Crippen LogP contribution < -0.4 is 4.72 Å². The highest BCUT2D eigenvalue weighted by molar-refractivity contribution is 9.10. The molecule has 0 radical (unpaired) electrons. The Kier molecular flexibility index (Phi) is 6.37. The molecule has 0 saturated carbocycles. The van der Waals surface area contributed by atoms with Gasteiger partial charge in [0.15, 0.2) is 0 Å². The molecule has 0 aliphatic rings. The van der Waals surface area contributed by atoms with Crippen LogP contribution in [-0.4, -0.2) is 27.5 Å². The highest BCUT2D eigenvalue weighted by Crippen LogP contribution is 2.21. The second kappa shape index (κ2) is 7.38. The summed E-state index contributed by atoms with van der Waals surface area (Å²) in [6.07, 6.45) is 0.374. The van der Waals surface area contributed by atoms with E-state index in [4.69, 9.17) is 0 Å². The van der Waals surface area contributed by atoms with Crippen LogP contribution in [0.1, 0.15) is 25.8 Å². The van der Waals surface area contributed by atoms with Gasteiger partial charge in [0.25, 0.3) is 0 Å². The number of esters is 1. The minimum Gasteiger partial charge on any atom is -0.468 e. The van der Waals surface area contributed by atoms with Gasteiger partial charge in [0.1, 0.15) is 6.04 Å². The fourth-order valence-electron chi connectivity index (χ4n) is 1.92. The third-order valence-electron chi connectivity index (χ3n) is 2.93. The number of halogens is 1. The van der Waals surface area contributed by atoms with E-state index in [1.807, 2.05) is 13.8 Å². The smallest absolute Gasteiger partial charge is 0.323 e. The van der Waals surface area contributed by atoms with E-state index in [1.165, 1.54) is 13.2 Å². The first kappa shape index (κ1) is 18.1. The molecule has 21 heavy (non-hydrogen) atoms. The number of nitrogens with one attached hydrogen (secondary N) is 1. The molecule has 0 heterocycles. The van der Waals surface area contributed by atoms with Crippen molar-refractivity contribution in [1.82, 2.24) is 4.72 Å². The van der Waals surface area contributed by atoms with Crippen LogP contribution in [0.15, 0.2) is 27.6 Å². The zero-order valence-corrected chi connectivity index (χ0v) is 14.9. The molecule has 1 atom stereocenters. The number of hydrogen-bond donors (Lipinski definition) is 1. The molecular weight excluding hydrogens is 358 g/mol. The number of hydrogen-bond acceptors (Lipinski definition) is 4. The Labute approximate surface area is 134 Å². The Hall–Kier alpha value is -0.920. The minimum absolute atomic E-state index is 0.148. The molecule has 0 aliphatic heterocycles. The van der Waals surface area contributed by atoms with Gasteiger partial charge in [-0.1, -0.05) is 35.8 Å². The first-order valence-electron chi connectivity index (χ1n) is 6.53. The third kappa shape index (κ3) is 5.09. The summed E-state index contributed by atoms with van der Waals surface area (Å²) in [6.45, 7) is 5.53. The van der Waals surface area contributed by atoms with Gasteiger partial charge in [-0.2, -0.15) is 4.72 Å². The van der Waals surface area contributed by atoms with Gasteiger partial charge in [0.2, 0.25) is 10.0 Å². The van der Waals surface area contributed by atoms with Gasteiger partial charge in [-0.05, 0) is 37.0 Å². The average molecular weight is 378 g/mol. The molecule has 1 N–H and O–H groups in total. The summed E-state index contributed by atoms with van der Waals surface area (Å²) in [6, 6.07) is 4.09. The van der Waals surface area contributed by atoms with E-state index in [2.05, 4.69) is 25.4 Å². The summed E-state index contributed by atoms with van der Waals surface area (Å²) in [5.41, 5.74) is 0.610. The lowest BCUT2D eigenvalue weighted by atomic mass is 10.1. The fraction of sp³-hybridized carbons (Fsp3) is 0.500. The van der Waals surface area contributed by atoms with Gasteiger partial charge in [0, 0.05) is 4.47 Å². The van der Waals surface area contributed by atoms with Crippen molar-refractivity contribution < 1.29 is 17.9 Å². The van der Waals surface area contributed by atoms with Crippen molar-refractivity contribution in [1.29, 1.82) is 0 Å². The molecule has 0 spiro atoms. The van der Waals surface area contributed by atoms with Crippen molar-refractivity contribution in [2.45, 2.75) is 38.1 Å². The van der Waals surface area contributed by atoms with Crippen molar-refractivity contribution >= 4 is 31.9 Å². The minimum atomic E-state index is -3.79. The Balaban J connectivity index is 3.11. The van der Waals surface area contributed by atoms with Gasteiger partial charge >= 0.3 is 5.97 Å². The first-order valence-corrected chi connectivity index (χ1v) is 8.81. The standard InChI is InChI=1S/C14H20BrNO4S/c1-9(2)7-12(14(17)20-4)16-21(18,19)13-8-11(15)6-5-10(13)3/h5-6,8-9,12,16H,7H2,1-4H3/t12-/m0/s1. The molecule has 0 unspecified atom stereocenters. The molecule has 7 heteroatoms.